The van der Waals surface area contributed by atoms with E-state index in [1.165, 1.54) is 49.4 Å². The summed E-state index contributed by atoms with van der Waals surface area (Å²) >= 11 is 0. The van der Waals surface area contributed by atoms with Crippen molar-refractivity contribution in [2.45, 2.75) is 6.92 Å². The van der Waals surface area contributed by atoms with Crippen LogP contribution in [0.3, 0.4) is 0 Å². The van der Waals surface area contributed by atoms with Gasteiger partial charge in [0.1, 0.15) is 17.2 Å². The molecule has 1 aromatic heterocycles. The zero-order valence-corrected chi connectivity index (χ0v) is 14.9. The molecule has 6 nitrogen and oxygen atoms in total. The second-order valence-corrected chi connectivity index (χ2v) is 5.96. The zero-order chi connectivity index (χ0) is 20.1. The van der Waals surface area contributed by atoms with Crippen LogP contribution in [-0.2, 0) is 0 Å². The molecule has 0 saturated heterocycles. The second kappa shape index (κ2) is 8.22. The van der Waals surface area contributed by atoms with Crippen molar-refractivity contribution >= 4 is 29.0 Å². The molecule has 2 amide bonds. The average Bonchev–Trinajstić information content (AvgIpc) is 2.70. The lowest BCUT2D eigenvalue weighted by Crippen LogP contribution is -2.18. The summed E-state index contributed by atoms with van der Waals surface area (Å²) in [6, 6.07) is 16.3. The Morgan fingerprint density at radius 3 is 1.96 bits per heavy atom. The van der Waals surface area contributed by atoms with E-state index in [9.17, 15) is 18.8 Å². The Kier molecular flexibility index (Phi) is 5.55. The Hall–Kier alpha value is -3.87. The third-order valence-corrected chi connectivity index (χ3v) is 3.84. The molecular formula is C21H16FN3O3. The molecule has 0 unspecified atom stereocenters. The van der Waals surface area contributed by atoms with E-state index >= 15 is 0 Å². The fourth-order valence-electron chi connectivity index (χ4n) is 2.43. The molecular weight excluding hydrogens is 361 g/mol. The van der Waals surface area contributed by atoms with E-state index in [-0.39, 0.29) is 17.2 Å². The van der Waals surface area contributed by atoms with Crippen LogP contribution in [-0.4, -0.2) is 22.6 Å². The summed E-state index contributed by atoms with van der Waals surface area (Å²) in [5.74, 6) is -1.57. The quantitative estimate of drug-likeness (QED) is 0.660. The lowest BCUT2D eigenvalue weighted by Gasteiger charge is -2.08. The third-order valence-electron chi connectivity index (χ3n) is 3.84. The van der Waals surface area contributed by atoms with Crippen LogP contribution >= 0.6 is 0 Å². The van der Waals surface area contributed by atoms with Crippen molar-refractivity contribution in [3.63, 3.8) is 0 Å². The van der Waals surface area contributed by atoms with E-state index in [4.69, 9.17) is 0 Å². The average molecular weight is 377 g/mol. The van der Waals surface area contributed by atoms with Gasteiger partial charge in [0.2, 0.25) is 0 Å². The molecule has 0 fully saturated rings. The van der Waals surface area contributed by atoms with Gasteiger partial charge in [0.15, 0.2) is 5.78 Å². The molecule has 0 radical (unpaired) electrons. The summed E-state index contributed by atoms with van der Waals surface area (Å²) in [7, 11) is 0. The van der Waals surface area contributed by atoms with Crippen LogP contribution in [0.5, 0.6) is 0 Å². The standard InChI is InChI=1S/C21H16FN3O3/c1-13(26)14-4-2-5-17(12-14)24-21(28)19-7-3-6-18(25-19)20(27)23-16-10-8-15(22)9-11-16/h2-12H,1H3,(H,23,27)(H,24,28). The number of carbonyl (C=O) groups is 3. The second-order valence-electron chi connectivity index (χ2n) is 5.96. The Balaban J connectivity index is 1.74. The molecule has 2 aromatic carbocycles. The highest BCUT2D eigenvalue weighted by molar-refractivity contribution is 6.06. The number of amides is 2. The number of nitrogens with one attached hydrogen (secondary N) is 2. The Labute approximate surface area is 160 Å². The summed E-state index contributed by atoms with van der Waals surface area (Å²) in [4.78, 5) is 40.3. The predicted molar refractivity (Wildman–Crippen MR) is 103 cm³/mol. The van der Waals surface area contributed by atoms with Gasteiger partial charge in [0.25, 0.3) is 11.8 Å². The van der Waals surface area contributed by atoms with Gasteiger partial charge in [-0.15, -0.1) is 0 Å². The minimum absolute atomic E-state index is 0.0365. The lowest BCUT2D eigenvalue weighted by molar-refractivity contribution is 0.100. The minimum atomic E-state index is -0.528. The van der Waals surface area contributed by atoms with E-state index in [1.807, 2.05) is 0 Å². The van der Waals surface area contributed by atoms with Gasteiger partial charge in [-0.2, -0.15) is 0 Å². The molecule has 0 aliphatic carbocycles. The van der Waals surface area contributed by atoms with E-state index in [1.54, 1.807) is 24.3 Å². The van der Waals surface area contributed by atoms with Crippen molar-refractivity contribution in [3.8, 4) is 0 Å². The summed E-state index contributed by atoms with van der Waals surface area (Å²) in [5, 5.41) is 5.23. The maximum Gasteiger partial charge on any atom is 0.274 e. The van der Waals surface area contributed by atoms with Gasteiger partial charge in [0.05, 0.1) is 0 Å². The molecule has 1 heterocycles. The maximum absolute atomic E-state index is 12.9. The number of halogens is 1. The summed E-state index contributed by atoms with van der Waals surface area (Å²) < 4.78 is 12.9. The maximum atomic E-state index is 12.9. The number of aromatic nitrogens is 1. The van der Waals surface area contributed by atoms with Crippen LogP contribution in [0.15, 0.2) is 66.7 Å². The van der Waals surface area contributed by atoms with Crippen LogP contribution in [0, 0.1) is 5.82 Å². The number of anilines is 2. The van der Waals surface area contributed by atoms with E-state index < -0.39 is 17.6 Å². The SMILES string of the molecule is CC(=O)c1cccc(NC(=O)c2cccc(C(=O)Nc3ccc(F)cc3)n2)c1. The number of ketones is 1. The normalized spacial score (nSPS) is 10.2. The first-order chi connectivity index (χ1) is 13.4. The molecule has 0 saturated carbocycles. The van der Waals surface area contributed by atoms with Crippen molar-refractivity contribution in [3.05, 3.63) is 89.5 Å². The highest BCUT2D eigenvalue weighted by Gasteiger charge is 2.13. The van der Waals surface area contributed by atoms with Gasteiger partial charge in [-0.3, -0.25) is 14.4 Å². The third kappa shape index (κ3) is 4.64. The van der Waals surface area contributed by atoms with Crippen LogP contribution in [0.4, 0.5) is 15.8 Å². The minimum Gasteiger partial charge on any atom is -0.321 e. The monoisotopic (exact) mass is 377 g/mol. The Morgan fingerprint density at radius 2 is 1.36 bits per heavy atom. The number of Topliss-reactive ketones (excluding diaryl/α,β-unsaturated/α-hetero) is 1. The first-order valence-electron chi connectivity index (χ1n) is 8.39. The number of benzene rings is 2. The first-order valence-corrected chi connectivity index (χ1v) is 8.39. The van der Waals surface area contributed by atoms with E-state index in [0.29, 0.717) is 16.9 Å². The lowest BCUT2D eigenvalue weighted by atomic mass is 10.1. The Bertz CT molecular complexity index is 1050. The highest BCUT2D eigenvalue weighted by Crippen LogP contribution is 2.13. The predicted octanol–water partition coefficient (Wildman–Crippen LogP) is 3.93. The van der Waals surface area contributed by atoms with Gasteiger partial charge in [-0.05, 0) is 55.5 Å². The van der Waals surface area contributed by atoms with Crippen LogP contribution < -0.4 is 10.6 Å². The molecule has 0 atom stereocenters. The molecule has 2 N–H and O–H groups in total. The first kappa shape index (κ1) is 18.9. The summed E-state index contributed by atoms with van der Waals surface area (Å²) in [5.41, 5.74) is 1.40. The van der Waals surface area contributed by atoms with Gasteiger partial charge < -0.3 is 10.6 Å². The van der Waals surface area contributed by atoms with Crippen LogP contribution in [0.25, 0.3) is 0 Å². The van der Waals surface area contributed by atoms with Crippen LogP contribution in [0.2, 0.25) is 0 Å². The number of pyridine rings is 1. The molecule has 3 rings (SSSR count). The smallest absolute Gasteiger partial charge is 0.274 e. The topological polar surface area (TPSA) is 88.2 Å². The van der Waals surface area contributed by atoms with Crippen molar-refractivity contribution in [2.24, 2.45) is 0 Å². The summed E-state index contributed by atoms with van der Waals surface area (Å²) in [6.45, 7) is 1.44. The molecule has 0 aliphatic rings. The van der Waals surface area contributed by atoms with Crippen molar-refractivity contribution in [1.29, 1.82) is 0 Å². The highest BCUT2D eigenvalue weighted by atomic mass is 19.1. The van der Waals surface area contributed by atoms with E-state index in [0.717, 1.165) is 0 Å². The molecule has 3 aromatic rings. The number of hydrogen-bond donors (Lipinski definition) is 2. The van der Waals surface area contributed by atoms with Gasteiger partial charge in [-0.1, -0.05) is 18.2 Å². The van der Waals surface area contributed by atoms with Crippen LogP contribution in [0.1, 0.15) is 38.3 Å². The zero-order valence-electron chi connectivity index (χ0n) is 14.9. The molecule has 0 spiro atoms. The van der Waals surface area contributed by atoms with Crippen molar-refractivity contribution < 1.29 is 18.8 Å². The number of carbonyl (C=O) groups excluding carboxylic acids is 3. The largest absolute Gasteiger partial charge is 0.321 e. The molecule has 28 heavy (non-hydrogen) atoms. The van der Waals surface area contributed by atoms with Gasteiger partial charge in [0, 0.05) is 16.9 Å². The molecule has 0 aliphatic heterocycles. The fourth-order valence-corrected chi connectivity index (χ4v) is 2.43. The summed E-state index contributed by atoms with van der Waals surface area (Å²) in [6.07, 6.45) is 0. The molecule has 7 heteroatoms. The number of nitrogens with zero attached hydrogens (tertiary/aromatic N) is 1. The van der Waals surface area contributed by atoms with Crippen molar-refractivity contribution in [2.75, 3.05) is 10.6 Å². The number of rotatable bonds is 5. The van der Waals surface area contributed by atoms with Gasteiger partial charge >= 0.3 is 0 Å². The van der Waals surface area contributed by atoms with E-state index in [2.05, 4.69) is 15.6 Å². The Morgan fingerprint density at radius 1 is 0.786 bits per heavy atom. The van der Waals surface area contributed by atoms with Gasteiger partial charge in [-0.25, -0.2) is 9.37 Å². The molecule has 0 bridgehead atoms. The number of hydrogen-bond acceptors (Lipinski definition) is 4. The fraction of sp³-hybridized carbons (Fsp3) is 0.0476. The molecule has 140 valence electrons. The van der Waals surface area contributed by atoms with Crippen molar-refractivity contribution in [1.82, 2.24) is 4.98 Å².